The molecule has 0 fully saturated rings. The van der Waals surface area contributed by atoms with E-state index in [-0.39, 0.29) is 20.1 Å². The smallest absolute Gasteiger partial charge is 0.169 e. The van der Waals surface area contributed by atoms with Crippen LogP contribution in [-0.2, 0) is 20.1 Å². The van der Waals surface area contributed by atoms with Crippen molar-refractivity contribution >= 4 is 22.2 Å². The summed E-state index contributed by atoms with van der Waals surface area (Å²) < 4.78 is 15.1. The van der Waals surface area contributed by atoms with E-state index in [4.69, 9.17) is 8.83 Å². The molecule has 0 bridgehead atoms. The number of hydrogen-bond donors (Lipinski definition) is 0. The van der Waals surface area contributed by atoms with Crippen molar-refractivity contribution in [1.82, 2.24) is 29.1 Å². The fourth-order valence-corrected chi connectivity index (χ4v) is 6.25. The molecule has 0 saturated carbocycles. The van der Waals surface area contributed by atoms with Gasteiger partial charge in [0.1, 0.15) is 0 Å². The van der Waals surface area contributed by atoms with Crippen molar-refractivity contribution in [1.29, 1.82) is 0 Å². The minimum absolute atomic E-state index is 0. The van der Waals surface area contributed by atoms with Gasteiger partial charge in [-0.25, -0.2) is 9.97 Å². The molecule has 9 heteroatoms. The van der Waals surface area contributed by atoms with Crippen LogP contribution in [0.4, 0.5) is 0 Å². The number of imidazole rings is 2. The number of hydrogen-bond acceptors (Lipinski definition) is 6. The molecule has 4 aromatic carbocycles. The summed E-state index contributed by atoms with van der Waals surface area (Å²) in [7, 11) is 0. The molecule has 0 spiro atoms. The van der Waals surface area contributed by atoms with Crippen molar-refractivity contribution in [3.8, 4) is 34.2 Å². The van der Waals surface area contributed by atoms with Gasteiger partial charge >= 0.3 is 0 Å². The van der Waals surface area contributed by atoms with E-state index >= 15 is 0 Å². The molecular weight excluding hydrogens is 789 g/mol. The van der Waals surface area contributed by atoms with E-state index in [1.807, 2.05) is 42.9 Å². The van der Waals surface area contributed by atoms with E-state index in [0.29, 0.717) is 17.4 Å². The molecule has 0 amide bonds. The van der Waals surface area contributed by atoms with E-state index in [0.717, 1.165) is 45.1 Å². The monoisotopic (exact) mass is 825 g/mol. The van der Waals surface area contributed by atoms with Crippen LogP contribution in [0.5, 0.6) is 0 Å². The number of para-hydroxylation sites is 2. The zero-order chi connectivity index (χ0) is 33.4. The Morgan fingerprint density at radius 2 is 1.29 bits per heavy atom. The van der Waals surface area contributed by atoms with Crippen molar-refractivity contribution in [3.63, 3.8) is 0 Å². The molecule has 8 nitrogen and oxygen atoms in total. The number of fused-ring (bicyclic) bond motifs is 2. The zero-order valence-corrected chi connectivity index (χ0v) is 30.6. The van der Waals surface area contributed by atoms with Crippen LogP contribution in [0, 0.1) is 26.0 Å². The summed E-state index contributed by atoms with van der Waals surface area (Å²) in [6.07, 6.45) is 10.5. The van der Waals surface area contributed by atoms with Crippen molar-refractivity contribution in [3.05, 3.63) is 133 Å². The van der Waals surface area contributed by atoms with Crippen LogP contribution in [0.3, 0.4) is 0 Å². The number of aryl methyl sites for hydroxylation is 2. The molecule has 0 unspecified atom stereocenters. The van der Waals surface area contributed by atoms with Gasteiger partial charge in [0, 0.05) is 67.3 Å². The van der Waals surface area contributed by atoms with Crippen LogP contribution >= 0.6 is 0 Å². The SMILES string of the molecule is CC(C)c1cccc(C(C)C)c1-n1ccnc1-c1[c-]cc2ocnc2c1.Cc1cccc(C)c1-n1ccnc1-c1[c-]ccc2ncoc12.[Ir]. The van der Waals surface area contributed by atoms with E-state index < -0.39 is 0 Å². The van der Waals surface area contributed by atoms with Gasteiger partial charge in [0.15, 0.2) is 12.8 Å². The van der Waals surface area contributed by atoms with E-state index in [1.54, 1.807) is 6.20 Å². The summed E-state index contributed by atoms with van der Waals surface area (Å²) in [5.74, 6) is 2.51. The van der Waals surface area contributed by atoms with Crippen LogP contribution in [0.2, 0.25) is 0 Å². The molecule has 1 radical (unpaired) electrons. The fraction of sp³-hybridized carbons (Fsp3) is 0.200. The number of benzene rings is 4. The van der Waals surface area contributed by atoms with Gasteiger partial charge in [-0.2, -0.15) is 0 Å². The van der Waals surface area contributed by atoms with Gasteiger partial charge in [-0.1, -0.05) is 69.7 Å². The Kier molecular flexibility index (Phi) is 9.76. The molecule has 4 aromatic heterocycles. The molecule has 0 aliphatic rings. The first kappa shape index (κ1) is 33.8. The molecule has 49 heavy (non-hydrogen) atoms. The summed E-state index contributed by atoms with van der Waals surface area (Å²) in [5.41, 5.74) is 12.2. The molecule has 0 aliphatic carbocycles. The Morgan fingerprint density at radius 3 is 1.98 bits per heavy atom. The average molecular weight is 825 g/mol. The normalized spacial score (nSPS) is 11.3. The first-order valence-electron chi connectivity index (χ1n) is 16.1. The molecule has 8 aromatic rings. The number of rotatable bonds is 6. The topological polar surface area (TPSA) is 87.7 Å². The van der Waals surface area contributed by atoms with Gasteiger partial charge in [-0.05, 0) is 47.9 Å². The average Bonchev–Trinajstić information content (AvgIpc) is 3.91. The van der Waals surface area contributed by atoms with Gasteiger partial charge < -0.3 is 18.0 Å². The van der Waals surface area contributed by atoms with Gasteiger partial charge in [-0.3, -0.25) is 9.97 Å². The molecule has 0 aliphatic heterocycles. The fourth-order valence-electron chi connectivity index (χ4n) is 6.25. The second-order valence-corrected chi connectivity index (χ2v) is 12.4. The van der Waals surface area contributed by atoms with Crippen LogP contribution in [0.15, 0.2) is 107 Å². The Hall–Kier alpha value is -5.11. The molecule has 4 heterocycles. The first-order chi connectivity index (χ1) is 23.3. The second-order valence-electron chi connectivity index (χ2n) is 12.4. The summed E-state index contributed by atoms with van der Waals surface area (Å²) in [6, 6.07) is 26.9. The second kappa shape index (κ2) is 14.2. The van der Waals surface area contributed by atoms with E-state index in [1.165, 1.54) is 40.7 Å². The third-order valence-corrected chi connectivity index (χ3v) is 8.56. The predicted octanol–water partition coefficient (Wildman–Crippen LogP) is 9.82. The van der Waals surface area contributed by atoms with Crippen molar-refractivity contribution in [2.45, 2.75) is 53.4 Å². The zero-order valence-electron chi connectivity index (χ0n) is 28.2. The Bertz CT molecular complexity index is 2310. The van der Waals surface area contributed by atoms with Crippen molar-refractivity contribution < 1.29 is 28.9 Å². The number of aromatic nitrogens is 6. The maximum Gasteiger partial charge on any atom is 0.169 e. The van der Waals surface area contributed by atoms with Gasteiger partial charge in [0.05, 0.1) is 22.8 Å². The Balaban J connectivity index is 0.000000169. The summed E-state index contributed by atoms with van der Waals surface area (Å²) >= 11 is 0. The Labute approximate surface area is 299 Å². The summed E-state index contributed by atoms with van der Waals surface area (Å²) in [6.45, 7) is 13.1. The van der Waals surface area contributed by atoms with Crippen LogP contribution in [-0.4, -0.2) is 29.1 Å². The van der Waals surface area contributed by atoms with Crippen LogP contribution in [0.25, 0.3) is 56.3 Å². The minimum Gasteiger partial charge on any atom is -0.490 e. The number of oxazole rings is 2. The molecule has 0 atom stereocenters. The minimum atomic E-state index is 0. The van der Waals surface area contributed by atoms with Gasteiger partial charge in [0.25, 0.3) is 0 Å². The van der Waals surface area contributed by atoms with Crippen LogP contribution < -0.4 is 0 Å². The van der Waals surface area contributed by atoms with Gasteiger partial charge in [-0.15, -0.1) is 42.0 Å². The molecule has 249 valence electrons. The summed E-state index contributed by atoms with van der Waals surface area (Å²) in [4.78, 5) is 17.6. The molecule has 0 saturated heterocycles. The van der Waals surface area contributed by atoms with Crippen molar-refractivity contribution in [2.75, 3.05) is 0 Å². The van der Waals surface area contributed by atoms with Crippen molar-refractivity contribution in [2.24, 2.45) is 0 Å². The first-order valence-corrected chi connectivity index (χ1v) is 16.1. The Morgan fingerprint density at radius 1 is 0.673 bits per heavy atom. The maximum atomic E-state index is 5.53. The molecule has 0 N–H and O–H groups in total. The van der Waals surface area contributed by atoms with E-state index in [2.05, 4.69) is 119 Å². The maximum absolute atomic E-state index is 5.53. The van der Waals surface area contributed by atoms with Crippen LogP contribution in [0.1, 0.15) is 61.8 Å². The predicted molar refractivity (Wildman–Crippen MR) is 188 cm³/mol. The number of nitrogens with zero attached hydrogens (tertiary/aromatic N) is 6. The molecular formula is C40H36IrN6O2-2. The quantitative estimate of drug-likeness (QED) is 0.155. The third-order valence-electron chi connectivity index (χ3n) is 8.56. The molecule has 8 rings (SSSR count). The van der Waals surface area contributed by atoms with E-state index in [9.17, 15) is 0 Å². The van der Waals surface area contributed by atoms with Gasteiger partial charge in [0.2, 0.25) is 0 Å². The largest absolute Gasteiger partial charge is 0.490 e. The standard InChI is InChI=1S/C22H22N3O.C18H14N3O.Ir/c1-14(2)17-6-5-7-18(15(3)4)21(17)25-11-10-23-22(25)16-8-9-20-19(12-16)24-13-26-20;1-12-5-3-6-13(2)16(12)21-10-9-19-18(21)14-7-4-8-15-17(14)22-11-20-15;/h5-7,9-15H,1-4H3;3-6,8-11H,1-2H3;/q2*-1;. The summed E-state index contributed by atoms with van der Waals surface area (Å²) in [5, 5.41) is 0. The third kappa shape index (κ3) is 6.40.